The Kier molecular flexibility index (Phi) is 23.4. The van der Waals surface area contributed by atoms with Gasteiger partial charge in [0.05, 0.1) is 85.9 Å². The van der Waals surface area contributed by atoms with Crippen molar-refractivity contribution in [2.75, 3.05) is 117 Å². The molecule has 3 aromatic carbocycles. The number of para-hydroxylation sites is 1. The summed E-state index contributed by atoms with van der Waals surface area (Å²) in [7, 11) is 4.22. The molecule has 2 unspecified atom stereocenters. The maximum atomic E-state index is 15.8. The molecule has 6 aliphatic heterocycles. The van der Waals surface area contributed by atoms with Crippen LogP contribution in [0.4, 0.5) is 17.3 Å². The molecular formula is C80H107N13O15Si. The number of nitrogen functional groups attached to an aromatic ring is 1. The molecule has 586 valence electrons. The maximum absolute atomic E-state index is 15.8. The minimum Gasteiger partial charge on any atom is -0.496 e. The van der Waals surface area contributed by atoms with Crippen LogP contribution in [0.3, 0.4) is 0 Å². The summed E-state index contributed by atoms with van der Waals surface area (Å²) < 4.78 is 30.1. The lowest BCUT2D eigenvalue weighted by atomic mass is 9.45. The number of anilines is 3. The normalized spacial score (nSPS) is 26.9. The second-order valence-corrected chi connectivity index (χ2v) is 36.3. The number of carboxylic acids is 1. The number of likely N-dealkylation sites (N-methyl/N-ethyl adjacent to an activating group) is 1. The maximum Gasteiger partial charge on any atom is 0.340 e. The smallest absolute Gasteiger partial charge is 0.340 e. The Morgan fingerprint density at radius 2 is 1.56 bits per heavy atom. The van der Waals surface area contributed by atoms with Crippen LogP contribution in [0.25, 0.3) is 22.1 Å². The summed E-state index contributed by atoms with van der Waals surface area (Å²) in [5.74, 6) is -4.09. The van der Waals surface area contributed by atoms with Crippen molar-refractivity contribution in [1.82, 2.24) is 50.7 Å². The van der Waals surface area contributed by atoms with Crippen molar-refractivity contribution in [3.05, 3.63) is 113 Å². The molecule has 109 heavy (non-hydrogen) atoms. The lowest BCUT2D eigenvalue weighted by Gasteiger charge is -2.65. The number of carbonyl (C=O) groups is 6. The zero-order valence-electron chi connectivity index (χ0n) is 63.6. The highest BCUT2D eigenvalue weighted by molar-refractivity contribution is 6.80. The molecule has 3 saturated heterocycles. The lowest BCUT2D eigenvalue weighted by molar-refractivity contribution is -0.197. The first kappa shape index (κ1) is 78.3. The molecule has 1 saturated carbocycles. The molecule has 1 spiro atoms. The van der Waals surface area contributed by atoms with E-state index < -0.39 is 83.2 Å². The van der Waals surface area contributed by atoms with Crippen LogP contribution < -0.4 is 36.6 Å². The van der Waals surface area contributed by atoms with Crippen LogP contribution in [-0.2, 0) is 66.7 Å². The molecule has 3 amide bonds. The number of nitrogens with one attached hydrogen (secondary N) is 5. The highest BCUT2D eigenvalue weighted by Gasteiger charge is 2.79. The second kappa shape index (κ2) is 32.6. The first-order chi connectivity index (χ1) is 52.5. The van der Waals surface area contributed by atoms with E-state index in [-0.39, 0.29) is 98.8 Å². The van der Waals surface area contributed by atoms with E-state index >= 15 is 9.59 Å². The molecule has 0 radical (unpaired) electrons. The fourth-order valence-electron chi connectivity index (χ4n) is 20.5. The van der Waals surface area contributed by atoms with Gasteiger partial charge in [-0.05, 0) is 117 Å². The summed E-state index contributed by atoms with van der Waals surface area (Å²) in [5.41, 5.74) is 6.41. The van der Waals surface area contributed by atoms with Gasteiger partial charge >= 0.3 is 17.9 Å². The minimum absolute atomic E-state index is 0.0652. The van der Waals surface area contributed by atoms with Gasteiger partial charge in [0, 0.05) is 127 Å². The quantitative estimate of drug-likeness (QED) is 0.00902. The molecule has 28 nitrogen and oxygen atoms in total. The van der Waals surface area contributed by atoms with Gasteiger partial charge in [0.1, 0.15) is 17.2 Å². The number of nitrogens with zero attached hydrogens (tertiary/aromatic N) is 7. The predicted molar refractivity (Wildman–Crippen MR) is 412 cm³/mol. The van der Waals surface area contributed by atoms with Crippen LogP contribution in [-0.4, -0.2) is 229 Å². The van der Waals surface area contributed by atoms with Crippen LogP contribution in [0.15, 0.2) is 79.0 Å². The number of aromatic nitrogens is 5. The monoisotopic (exact) mass is 1520 g/mol. The third-order valence-electron chi connectivity index (χ3n) is 25.4. The van der Waals surface area contributed by atoms with Gasteiger partial charge in [-0.2, -0.15) is 9.97 Å². The zero-order chi connectivity index (χ0) is 77.0. The van der Waals surface area contributed by atoms with Crippen molar-refractivity contribution in [3.63, 3.8) is 0 Å². The number of aliphatic hydroxyl groups is 2. The molecular weight excluding hydrogens is 1410 g/mol. The van der Waals surface area contributed by atoms with Crippen LogP contribution in [0, 0.1) is 17.3 Å². The van der Waals surface area contributed by atoms with Crippen molar-refractivity contribution in [2.24, 2.45) is 17.3 Å². The largest absolute Gasteiger partial charge is 0.496 e. The van der Waals surface area contributed by atoms with E-state index in [2.05, 4.69) is 104 Å². The Labute approximate surface area is 636 Å². The number of hydrogen-bond donors (Lipinski definition) is 10. The van der Waals surface area contributed by atoms with Crippen molar-refractivity contribution < 1.29 is 72.9 Å². The Morgan fingerprint density at radius 3 is 2.27 bits per heavy atom. The molecule has 1 aliphatic carbocycles. The number of aromatic hydroxyl groups is 1. The SMILES string of the molecule is CC[C@]1(O)CC2CN(CCc3c([nH]c4ccccc34)[C@@](C(=O)OC)(c3cc4c(cc3OC)N(C)[C@H]3[C@@](O)(C(=O)OC)[C@H](C[Si]5(CCCCC(=O)NCCOCCOCCNC(=O)CC[C@H](NC(=O)c6ccc(NCc7cnc8nc(N)nc(O)c8n7)cc6)C(=O)O)CCCCC5)[C@]5(CC)C=CCN6CC[C@]43[C@@H]65)C2)C1. The number of esters is 2. The number of benzene rings is 3. The number of amides is 3. The number of H-pyrrole nitrogens is 1. The number of aromatic amines is 1. The number of nitrogens with two attached hydrogens (primary N) is 1. The average Bonchev–Trinajstić information content (AvgIpc) is 1.49. The van der Waals surface area contributed by atoms with Gasteiger partial charge in [-0.3, -0.25) is 29.0 Å². The van der Waals surface area contributed by atoms with Gasteiger partial charge < -0.3 is 81.0 Å². The molecule has 7 aliphatic rings. The second-order valence-electron chi connectivity index (χ2n) is 31.4. The van der Waals surface area contributed by atoms with Gasteiger partial charge in [0.2, 0.25) is 23.6 Å². The van der Waals surface area contributed by atoms with Gasteiger partial charge in [0.25, 0.3) is 5.91 Å². The first-order valence-electron chi connectivity index (χ1n) is 38.9. The number of carboxylic acid groups (broad SMARTS) is 1. The number of hydrogen-bond acceptors (Lipinski definition) is 23. The number of fused-ring (bicyclic) bond motifs is 7. The molecule has 6 aromatic rings. The lowest BCUT2D eigenvalue weighted by Crippen LogP contribution is -2.79. The van der Waals surface area contributed by atoms with E-state index in [1.165, 1.54) is 32.5 Å². The molecule has 2 bridgehead atoms. The fourth-order valence-corrected chi connectivity index (χ4v) is 26.5. The Balaban J connectivity index is 0.610. The van der Waals surface area contributed by atoms with Crippen LogP contribution in [0.1, 0.15) is 136 Å². The zero-order valence-corrected chi connectivity index (χ0v) is 64.6. The third-order valence-corrected chi connectivity index (χ3v) is 30.9. The van der Waals surface area contributed by atoms with Crippen LogP contribution >= 0.6 is 0 Å². The summed E-state index contributed by atoms with van der Waals surface area (Å²) >= 11 is 0. The predicted octanol–water partition coefficient (Wildman–Crippen LogP) is 7.04. The molecule has 9 heterocycles. The Hall–Kier alpha value is -8.84. The Morgan fingerprint density at radius 1 is 0.826 bits per heavy atom. The number of ether oxygens (including phenoxy) is 5. The minimum atomic E-state index is -2.32. The summed E-state index contributed by atoms with van der Waals surface area (Å²) in [6.45, 7) is 9.31. The summed E-state index contributed by atoms with van der Waals surface area (Å²) in [6.07, 6.45) is 14.3. The average molecular weight is 1520 g/mol. The molecule has 3 aromatic heterocycles. The van der Waals surface area contributed by atoms with Crippen molar-refractivity contribution in [1.29, 1.82) is 0 Å². The molecule has 11 atom stereocenters. The fraction of sp³-hybridized carbons (Fsp3) is 0.575. The van der Waals surface area contributed by atoms with E-state index in [1.54, 1.807) is 19.2 Å². The number of carbonyl (C=O) groups excluding carboxylic acids is 5. The van der Waals surface area contributed by atoms with E-state index in [1.807, 2.05) is 26.1 Å². The van der Waals surface area contributed by atoms with Crippen molar-refractivity contribution in [3.8, 4) is 11.6 Å². The first-order valence-corrected chi connectivity index (χ1v) is 41.7. The molecule has 4 fully saturated rings. The molecule has 13 rings (SSSR count). The van der Waals surface area contributed by atoms with Crippen LogP contribution in [0.2, 0.25) is 24.2 Å². The topological polar surface area (TPSA) is 381 Å². The van der Waals surface area contributed by atoms with Crippen LogP contribution in [0.5, 0.6) is 11.6 Å². The van der Waals surface area contributed by atoms with E-state index in [0.29, 0.717) is 100 Å². The number of piperidine rings is 1. The van der Waals surface area contributed by atoms with E-state index in [4.69, 9.17) is 29.4 Å². The third kappa shape index (κ3) is 15.0. The van der Waals surface area contributed by atoms with E-state index in [0.717, 1.165) is 96.4 Å². The van der Waals surface area contributed by atoms with E-state index in [9.17, 15) is 39.6 Å². The Bertz CT molecular complexity index is 4390. The van der Waals surface area contributed by atoms with Crippen molar-refractivity contribution in [2.45, 2.75) is 175 Å². The summed E-state index contributed by atoms with van der Waals surface area (Å²) in [5, 5.41) is 59.2. The van der Waals surface area contributed by atoms with Crippen molar-refractivity contribution >= 4 is 83.1 Å². The number of rotatable bonds is 31. The standard InChI is InChI=1S/C80H107N13O15Si/c1-7-76(102)43-50-44-79(73(100)105-5,66-55(26-32-92(47-50)49-76)54-17-10-11-18-58(54)87-66)57-41-56-60(42-61(57)104-4)91(3)72-78(56)28-33-93-31-16-27-77(8-2,71(78)93)62(80(72,103)74(101)106-6)48-109(38-13-9-14-39-109)40-15-12-19-63(94)82-29-34-107-36-37-108-35-30-83-64(95)25-24-59(70(98)99)88-68(96)51-20-22-52(23-21-51)84-45-53-46-85-67-65(86-53)69(97)90-75(81)89-67/h10-11,16-18,20-23,27,41-42,46,50,59,62,71-72,84,87,102-103H,7-9,12-15,19,24-26,28-40,43-45,47-49H2,1-6H3,(H,82,94)(H,83,95)(H,88,96)(H,98,99)(H3,81,85,89,90,97)/t50?,59-,62+,71-,72+,76-,77-,78+,79-,80+/m0/s1. The number of aliphatic carboxylic acids is 1. The molecule has 11 N–H and O–H groups in total. The van der Waals surface area contributed by atoms with Gasteiger partial charge in [0.15, 0.2) is 16.8 Å². The molecule has 29 heteroatoms. The number of unbranched alkanes of at least 4 members (excludes halogenated alkanes) is 1. The highest BCUT2D eigenvalue weighted by atomic mass is 28.3. The van der Waals surface area contributed by atoms with Gasteiger partial charge in [-0.1, -0.05) is 88.0 Å². The number of methoxy groups -OCH3 is 3. The van der Waals surface area contributed by atoms with Gasteiger partial charge in [-0.15, -0.1) is 0 Å². The van der Waals surface area contributed by atoms with Gasteiger partial charge in [-0.25, -0.2) is 19.6 Å². The summed E-state index contributed by atoms with van der Waals surface area (Å²) in [4.78, 5) is 110. The summed E-state index contributed by atoms with van der Waals surface area (Å²) in [6, 6.07) is 20.4. The highest BCUT2D eigenvalue weighted by Crippen LogP contribution is 2.71.